The van der Waals surface area contributed by atoms with Gasteiger partial charge in [0.2, 0.25) is 0 Å². The van der Waals surface area contributed by atoms with E-state index in [9.17, 15) is 0 Å². The van der Waals surface area contributed by atoms with Crippen molar-refractivity contribution in [3.63, 3.8) is 0 Å². The number of rotatable bonds is 2. The first-order valence-electron chi connectivity index (χ1n) is 3.42. The molecule has 0 unspecified atom stereocenters. The summed E-state index contributed by atoms with van der Waals surface area (Å²) in [5.74, 6) is 0. The fraction of sp³-hybridized carbons (Fsp3) is 0.714. The third-order valence-electron chi connectivity index (χ3n) is 1.32. The van der Waals surface area contributed by atoms with Crippen LogP contribution in [-0.2, 0) is 0 Å². The predicted octanol–water partition coefficient (Wildman–Crippen LogP) is 0.769. The molecule has 0 N–H and O–H groups in total. The maximum atomic E-state index is 4.02. The minimum atomic E-state index is 0.931. The van der Waals surface area contributed by atoms with Gasteiger partial charge in [-0.2, -0.15) is 10.2 Å². The van der Waals surface area contributed by atoms with Crippen molar-refractivity contribution >= 4 is 11.4 Å². The molecule has 0 amide bonds. The zero-order valence-electron chi connectivity index (χ0n) is 6.76. The van der Waals surface area contributed by atoms with Crippen molar-refractivity contribution in [2.24, 2.45) is 10.2 Å². The second-order valence-electron chi connectivity index (χ2n) is 2.92. The molecule has 56 valence electrons. The summed E-state index contributed by atoms with van der Waals surface area (Å²) in [6, 6.07) is 0. The lowest BCUT2D eigenvalue weighted by molar-refractivity contribution is 0.468. The summed E-state index contributed by atoms with van der Waals surface area (Å²) in [4.78, 5) is 2.10. The SMILES string of the molecule is CC1=NN=C(CN(C)C)C1. The summed E-state index contributed by atoms with van der Waals surface area (Å²) in [5.41, 5.74) is 2.29. The maximum Gasteiger partial charge on any atom is 0.0602 e. The van der Waals surface area contributed by atoms with Gasteiger partial charge in [-0.1, -0.05) is 0 Å². The largest absolute Gasteiger partial charge is 0.304 e. The van der Waals surface area contributed by atoms with E-state index in [1.165, 1.54) is 5.71 Å². The summed E-state index contributed by atoms with van der Waals surface area (Å²) in [6.45, 7) is 2.94. The van der Waals surface area contributed by atoms with Crippen LogP contribution < -0.4 is 0 Å². The van der Waals surface area contributed by atoms with E-state index in [4.69, 9.17) is 0 Å². The third-order valence-corrected chi connectivity index (χ3v) is 1.32. The molecule has 1 aliphatic rings. The van der Waals surface area contributed by atoms with E-state index in [1.54, 1.807) is 0 Å². The standard InChI is InChI=1S/C7H13N3/c1-6-4-7(9-8-6)5-10(2)3/h4-5H2,1-3H3. The first-order chi connectivity index (χ1) is 4.68. The Hall–Kier alpha value is -0.700. The molecule has 0 spiro atoms. The second kappa shape index (κ2) is 2.92. The monoisotopic (exact) mass is 139 g/mol. The Morgan fingerprint density at radius 1 is 1.40 bits per heavy atom. The van der Waals surface area contributed by atoms with Gasteiger partial charge in [0.1, 0.15) is 0 Å². The zero-order valence-corrected chi connectivity index (χ0v) is 6.76. The normalized spacial score (nSPS) is 17.6. The van der Waals surface area contributed by atoms with Gasteiger partial charge in [-0.05, 0) is 21.0 Å². The van der Waals surface area contributed by atoms with Crippen LogP contribution in [0.2, 0.25) is 0 Å². The van der Waals surface area contributed by atoms with Crippen molar-refractivity contribution in [3.8, 4) is 0 Å². The molecule has 0 atom stereocenters. The van der Waals surface area contributed by atoms with Crippen molar-refractivity contribution in [1.82, 2.24) is 4.90 Å². The highest BCUT2D eigenvalue weighted by atomic mass is 15.2. The van der Waals surface area contributed by atoms with Gasteiger partial charge in [-0.15, -0.1) is 0 Å². The van der Waals surface area contributed by atoms with Gasteiger partial charge in [0.05, 0.1) is 5.71 Å². The minimum absolute atomic E-state index is 0.931. The van der Waals surface area contributed by atoms with Gasteiger partial charge in [0.25, 0.3) is 0 Å². The second-order valence-corrected chi connectivity index (χ2v) is 2.92. The van der Waals surface area contributed by atoms with Gasteiger partial charge in [0.15, 0.2) is 0 Å². The van der Waals surface area contributed by atoms with Crippen molar-refractivity contribution in [3.05, 3.63) is 0 Å². The Kier molecular flexibility index (Phi) is 2.17. The summed E-state index contributed by atoms with van der Waals surface area (Å²) < 4.78 is 0. The van der Waals surface area contributed by atoms with E-state index in [2.05, 4.69) is 15.1 Å². The minimum Gasteiger partial charge on any atom is -0.304 e. The number of nitrogens with zero attached hydrogens (tertiary/aromatic N) is 3. The van der Waals surface area contributed by atoms with Gasteiger partial charge >= 0.3 is 0 Å². The van der Waals surface area contributed by atoms with Gasteiger partial charge in [-0.3, -0.25) is 0 Å². The summed E-state index contributed by atoms with van der Waals surface area (Å²) in [6.07, 6.45) is 0.957. The lowest BCUT2D eigenvalue weighted by Gasteiger charge is -2.07. The molecule has 3 nitrogen and oxygen atoms in total. The molecule has 1 rings (SSSR count). The van der Waals surface area contributed by atoms with Crippen LogP contribution in [0.4, 0.5) is 0 Å². The lowest BCUT2D eigenvalue weighted by atomic mass is 10.2. The topological polar surface area (TPSA) is 28.0 Å². The van der Waals surface area contributed by atoms with Gasteiger partial charge in [-0.25, -0.2) is 0 Å². The molecule has 3 heteroatoms. The summed E-state index contributed by atoms with van der Waals surface area (Å²) in [5, 5.41) is 7.97. The van der Waals surface area contributed by atoms with E-state index in [1.807, 2.05) is 21.0 Å². The highest BCUT2D eigenvalue weighted by Crippen LogP contribution is 2.01. The van der Waals surface area contributed by atoms with Crippen molar-refractivity contribution in [2.75, 3.05) is 20.6 Å². The quantitative estimate of drug-likeness (QED) is 0.555. The third kappa shape index (κ3) is 1.92. The van der Waals surface area contributed by atoms with E-state index < -0.39 is 0 Å². The fourth-order valence-corrected chi connectivity index (χ4v) is 0.975. The molecular weight excluding hydrogens is 126 g/mol. The Morgan fingerprint density at radius 2 is 2.10 bits per heavy atom. The molecule has 1 aliphatic heterocycles. The molecule has 10 heavy (non-hydrogen) atoms. The highest BCUT2D eigenvalue weighted by molar-refractivity contribution is 6.07. The zero-order chi connectivity index (χ0) is 7.56. The molecule has 0 aromatic heterocycles. The van der Waals surface area contributed by atoms with Gasteiger partial charge in [0, 0.05) is 18.7 Å². The van der Waals surface area contributed by atoms with Crippen LogP contribution >= 0.6 is 0 Å². The Morgan fingerprint density at radius 3 is 2.50 bits per heavy atom. The van der Waals surface area contributed by atoms with Crippen LogP contribution in [0, 0.1) is 0 Å². The predicted molar refractivity (Wildman–Crippen MR) is 43.7 cm³/mol. The molecule has 0 aliphatic carbocycles. The number of hydrogen-bond donors (Lipinski definition) is 0. The highest BCUT2D eigenvalue weighted by Gasteiger charge is 2.08. The van der Waals surface area contributed by atoms with Crippen LogP contribution in [0.25, 0.3) is 0 Å². The van der Waals surface area contributed by atoms with Crippen LogP contribution in [0.3, 0.4) is 0 Å². The average molecular weight is 139 g/mol. The van der Waals surface area contributed by atoms with E-state index in [0.29, 0.717) is 0 Å². The smallest absolute Gasteiger partial charge is 0.0602 e. The molecule has 0 radical (unpaired) electrons. The van der Waals surface area contributed by atoms with E-state index in [-0.39, 0.29) is 0 Å². The molecule has 0 fully saturated rings. The summed E-state index contributed by atoms with van der Waals surface area (Å²) >= 11 is 0. The van der Waals surface area contributed by atoms with Crippen LogP contribution in [0.15, 0.2) is 10.2 Å². The summed E-state index contributed by atoms with van der Waals surface area (Å²) in [7, 11) is 4.08. The number of hydrogen-bond acceptors (Lipinski definition) is 3. The molecule has 1 heterocycles. The molecule has 0 saturated carbocycles. The maximum absolute atomic E-state index is 4.02. The van der Waals surface area contributed by atoms with E-state index >= 15 is 0 Å². The van der Waals surface area contributed by atoms with Crippen LogP contribution in [0.5, 0.6) is 0 Å². The Labute approximate surface area is 61.4 Å². The van der Waals surface area contributed by atoms with Crippen LogP contribution in [0.1, 0.15) is 13.3 Å². The lowest BCUT2D eigenvalue weighted by Crippen LogP contribution is -2.21. The molecule has 0 saturated heterocycles. The Balaban J connectivity index is 2.35. The average Bonchev–Trinajstić information content (AvgIpc) is 2.13. The van der Waals surface area contributed by atoms with Gasteiger partial charge < -0.3 is 4.90 Å². The molecular formula is C7H13N3. The van der Waals surface area contributed by atoms with Crippen molar-refractivity contribution in [2.45, 2.75) is 13.3 Å². The van der Waals surface area contributed by atoms with Crippen molar-refractivity contribution < 1.29 is 0 Å². The first-order valence-corrected chi connectivity index (χ1v) is 3.42. The van der Waals surface area contributed by atoms with Crippen molar-refractivity contribution in [1.29, 1.82) is 0 Å². The first kappa shape index (κ1) is 7.41. The molecule has 0 aromatic carbocycles. The van der Waals surface area contributed by atoms with E-state index in [0.717, 1.165) is 18.7 Å². The Bertz CT molecular complexity index is 179. The molecule has 0 aromatic rings. The molecule has 0 bridgehead atoms. The fourth-order valence-electron chi connectivity index (χ4n) is 0.975. The van der Waals surface area contributed by atoms with Crippen LogP contribution in [-0.4, -0.2) is 37.0 Å².